The van der Waals surface area contributed by atoms with Crippen LogP contribution in [0.4, 0.5) is 0 Å². The Labute approximate surface area is 122 Å². The van der Waals surface area contributed by atoms with Crippen LogP contribution in [0.25, 0.3) is 0 Å². The van der Waals surface area contributed by atoms with Crippen LogP contribution in [0, 0.1) is 11.8 Å². The molecule has 1 atom stereocenters. The first-order valence-electron chi connectivity index (χ1n) is 8.55. The smallest absolute Gasteiger partial charge is 0.226 e. The molecule has 0 aromatic heterocycles. The Morgan fingerprint density at radius 2 is 1.75 bits per heavy atom. The second-order valence-corrected chi connectivity index (χ2v) is 6.82. The highest BCUT2D eigenvalue weighted by Crippen LogP contribution is 2.23. The van der Waals surface area contributed by atoms with Gasteiger partial charge in [0, 0.05) is 26.2 Å². The van der Waals surface area contributed by atoms with Gasteiger partial charge in [-0.15, -0.1) is 0 Å². The minimum Gasteiger partial charge on any atom is -0.342 e. The molecule has 3 saturated heterocycles. The molecule has 3 rings (SSSR count). The highest BCUT2D eigenvalue weighted by Gasteiger charge is 2.29. The van der Waals surface area contributed by atoms with E-state index in [0.29, 0.717) is 5.91 Å². The Bertz CT molecular complexity index is 314. The summed E-state index contributed by atoms with van der Waals surface area (Å²) in [6.07, 6.45) is 7.42. The summed E-state index contributed by atoms with van der Waals surface area (Å²) in [5, 5.41) is 3.36. The minimum absolute atomic E-state index is 0.249. The molecule has 0 aliphatic carbocycles. The summed E-state index contributed by atoms with van der Waals surface area (Å²) in [6.45, 7) is 7.84. The molecule has 0 saturated carbocycles. The van der Waals surface area contributed by atoms with E-state index in [4.69, 9.17) is 0 Å². The molecule has 3 aliphatic heterocycles. The monoisotopic (exact) mass is 279 g/mol. The Morgan fingerprint density at radius 1 is 1.00 bits per heavy atom. The van der Waals surface area contributed by atoms with Crippen LogP contribution >= 0.6 is 0 Å². The summed E-state index contributed by atoms with van der Waals surface area (Å²) in [6, 6.07) is 0. The Morgan fingerprint density at radius 3 is 2.40 bits per heavy atom. The molecule has 114 valence electrons. The molecule has 20 heavy (non-hydrogen) atoms. The van der Waals surface area contributed by atoms with E-state index in [9.17, 15) is 4.79 Å². The van der Waals surface area contributed by atoms with Crippen molar-refractivity contribution in [1.29, 1.82) is 0 Å². The second-order valence-electron chi connectivity index (χ2n) is 6.82. The van der Waals surface area contributed by atoms with Crippen molar-refractivity contribution in [2.24, 2.45) is 11.8 Å². The lowest BCUT2D eigenvalue weighted by Crippen LogP contribution is -2.47. The third kappa shape index (κ3) is 3.53. The number of nitrogens with one attached hydrogen (secondary N) is 1. The van der Waals surface area contributed by atoms with Crippen LogP contribution in [0.5, 0.6) is 0 Å². The first kappa shape index (κ1) is 14.3. The molecule has 3 fully saturated rings. The van der Waals surface area contributed by atoms with Crippen LogP contribution in [0.15, 0.2) is 0 Å². The van der Waals surface area contributed by atoms with Gasteiger partial charge in [0.25, 0.3) is 0 Å². The highest BCUT2D eigenvalue weighted by atomic mass is 16.2. The average Bonchev–Trinajstić information content (AvgIpc) is 3.01. The van der Waals surface area contributed by atoms with Gasteiger partial charge in [0.1, 0.15) is 0 Å². The zero-order chi connectivity index (χ0) is 13.8. The molecule has 3 heterocycles. The molecule has 0 radical (unpaired) electrons. The molecule has 1 amide bonds. The molecule has 4 heteroatoms. The largest absolute Gasteiger partial charge is 0.342 e. The maximum atomic E-state index is 12.5. The molecular weight excluding hydrogens is 250 g/mol. The second kappa shape index (κ2) is 6.90. The standard InChI is InChI=1S/C16H29N3O/c20-16(15-4-3-7-17-12-15)19-10-5-14(6-11-19)13-18-8-1-2-9-18/h14-15,17H,1-13H2. The third-order valence-electron chi connectivity index (χ3n) is 5.29. The van der Waals surface area contributed by atoms with Gasteiger partial charge in [0.05, 0.1) is 5.92 Å². The van der Waals surface area contributed by atoms with E-state index < -0.39 is 0 Å². The lowest BCUT2D eigenvalue weighted by Gasteiger charge is -2.36. The quantitative estimate of drug-likeness (QED) is 0.846. The number of carbonyl (C=O) groups is 1. The van der Waals surface area contributed by atoms with E-state index in [1.807, 2.05) is 0 Å². The number of carbonyl (C=O) groups excluding carboxylic acids is 1. The van der Waals surface area contributed by atoms with Gasteiger partial charge in [0.2, 0.25) is 5.91 Å². The van der Waals surface area contributed by atoms with Gasteiger partial charge in [0.15, 0.2) is 0 Å². The molecule has 1 N–H and O–H groups in total. The lowest BCUT2D eigenvalue weighted by atomic mass is 9.93. The number of piperidine rings is 2. The zero-order valence-electron chi connectivity index (χ0n) is 12.6. The van der Waals surface area contributed by atoms with Gasteiger partial charge in [-0.2, -0.15) is 0 Å². The molecule has 0 bridgehead atoms. The molecule has 1 unspecified atom stereocenters. The van der Waals surface area contributed by atoms with Crippen molar-refractivity contribution < 1.29 is 4.79 Å². The SMILES string of the molecule is O=C(C1CCCNC1)N1CCC(CN2CCCC2)CC1. The van der Waals surface area contributed by atoms with Crippen LogP contribution in [-0.4, -0.2) is 61.5 Å². The van der Waals surface area contributed by atoms with Gasteiger partial charge in [-0.1, -0.05) is 0 Å². The van der Waals surface area contributed by atoms with Crippen molar-refractivity contribution in [2.45, 2.75) is 38.5 Å². The molecular formula is C16H29N3O. The predicted molar refractivity (Wildman–Crippen MR) is 80.6 cm³/mol. The van der Waals surface area contributed by atoms with Crippen LogP contribution in [-0.2, 0) is 4.79 Å². The van der Waals surface area contributed by atoms with E-state index in [2.05, 4.69) is 15.1 Å². The number of nitrogens with zero attached hydrogens (tertiary/aromatic N) is 2. The van der Waals surface area contributed by atoms with Crippen LogP contribution in [0.1, 0.15) is 38.5 Å². The predicted octanol–water partition coefficient (Wildman–Crippen LogP) is 1.32. The minimum atomic E-state index is 0.249. The summed E-state index contributed by atoms with van der Waals surface area (Å²) >= 11 is 0. The van der Waals surface area contributed by atoms with Crippen molar-refractivity contribution in [3.8, 4) is 0 Å². The number of rotatable bonds is 3. The summed E-state index contributed by atoms with van der Waals surface area (Å²) in [5.41, 5.74) is 0. The fourth-order valence-electron chi connectivity index (χ4n) is 3.99. The van der Waals surface area contributed by atoms with Gasteiger partial charge >= 0.3 is 0 Å². The van der Waals surface area contributed by atoms with Gasteiger partial charge in [-0.05, 0) is 64.1 Å². The number of hydrogen-bond donors (Lipinski definition) is 1. The van der Waals surface area contributed by atoms with Crippen LogP contribution < -0.4 is 5.32 Å². The van der Waals surface area contributed by atoms with Crippen molar-refractivity contribution >= 4 is 5.91 Å². The first-order chi connectivity index (χ1) is 9.83. The van der Waals surface area contributed by atoms with E-state index in [0.717, 1.165) is 44.9 Å². The topological polar surface area (TPSA) is 35.6 Å². The van der Waals surface area contributed by atoms with E-state index in [-0.39, 0.29) is 5.92 Å². The highest BCUT2D eigenvalue weighted by molar-refractivity contribution is 5.79. The third-order valence-corrected chi connectivity index (χ3v) is 5.29. The molecule has 0 aromatic rings. The Hall–Kier alpha value is -0.610. The van der Waals surface area contributed by atoms with Crippen LogP contribution in [0.3, 0.4) is 0 Å². The molecule has 3 aliphatic rings. The number of amides is 1. The normalized spacial score (nSPS) is 29.8. The summed E-state index contributed by atoms with van der Waals surface area (Å²) in [4.78, 5) is 17.2. The number of hydrogen-bond acceptors (Lipinski definition) is 3. The zero-order valence-corrected chi connectivity index (χ0v) is 12.6. The Balaban J connectivity index is 1.41. The van der Waals surface area contributed by atoms with Crippen LogP contribution in [0.2, 0.25) is 0 Å². The Kier molecular flexibility index (Phi) is 4.94. The number of likely N-dealkylation sites (tertiary alicyclic amines) is 2. The first-order valence-corrected chi connectivity index (χ1v) is 8.55. The van der Waals surface area contributed by atoms with Crippen molar-refractivity contribution in [2.75, 3.05) is 45.8 Å². The maximum Gasteiger partial charge on any atom is 0.226 e. The van der Waals surface area contributed by atoms with Crippen molar-refractivity contribution in [3.05, 3.63) is 0 Å². The average molecular weight is 279 g/mol. The fraction of sp³-hybridized carbons (Fsp3) is 0.938. The fourth-order valence-corrected chi connectivity index (χ4v) is 3.99. The molecule has 4 nitrogen and oxygen atoms in total. The van der Waals surface area contributed by atoms with Crippen molar-refractivity contribution in [1.82, 2.24) is 15.1 Å². The molecule has 0 spiro atoms. The van der Waals surface area contributed by atoms with Gasteiger partial charge < -0.3 is 15.1 Å². The van der Waals surface area contributed by atoms with Gasteiger partial charge in [-0.25, -0.2) is 0 Å². The van der Waals surface area contributed by atoms with Gasteiger partial charge in [-0.3, -0.25) is 4.79 Å². The maximum absolute atomic E-state index is 12.5. The summed E-state index contributed by atoms with van der Waals surface area (Å²) in [5.74, 6) is 1.48. The van der Waals surface area contributed by atoms with Crippen molar-refractivity contribution in [3.63, 3.8) is 0 Å². The summed E-state index contributed by atoms with van der Waals surface area (Å²) in [7, 11) is 0. The van der Waals surface area contributed by atoms with E-state index in [1.165, 1.54) is 45.3 Å². The lowest BCUT2D eigenvalue weighted by molar-refractivity contribution is -0.137. The van der Waals surface area contributed by atoms with E-state index >= 15 is 0 Å². The molecule has 0 aromatic carbocycles. The summed E-state index contributed by atoms with van der Waals surface area (Å²) < 4.78 is 0. The van der Waals surface area contributed by atoms with E-state index in [1.54, 1.807) is 0 Å².